The molecular weight excluding hydrogens is 468 g/mol. The van der Waals surface area contributed by atoms with Crippen LogP contribution in [0.15, 0.2) is 70.0 Å². The minimum Gasteiger partial charge on any atom is -0.456 e. The third-order valence-electron chi connectivity index (χ3n) is 4.56. The van der Waals surface area contributed by atoms with Crippen LogP contribution in [0.1, 0.15) is 5.76 Å². The van der Waals surface area contributed by atoms with Crippen molar-refractivity contribution in [2.45, 2.75) is 0 Å². The molecule has 0 saturated carbocycles. The molecule has 0 radical (unpaired) electrons. The highest BCUT2D eigenvalue weighted by atomic mass is 32.2. The molecule has 2 aromatic carbocycles. The summed E-state index contributed by atoms with van der Waals surface area (Å²) in [5.41, 5.74) is 4.12. The lowest BCUT2D eigenvalue weighted by Gasteiger charge is -2.14. The van der Waals surface area contributed by atoms with Crippen LogP contribution in [0.3, 0.4) is 0 Å². The average Bonchev–Trinajstić information content (AvgIpc) is 3.48. The van der Waals surface area contributed by atoms with Crippen molar-refractivity contribution in [2.24, 2.45) is 0 Å². The molecular formula is C21H12N4O4S3. The van der Waals surface area contributed by atoms with Gasteiger partial charge < -0.3 is 4.42 Å². The number of anilines is 1. The lowest BCUT2D eigenvalue weighted by molar-refractivity contribution is -0.384. The lowest BCUT2D eigenvalue weighted by Crippen LogP contribution is -2.33. The number of carbonyl (C=O) groups is 1. The zero-order valence-corrected chi connectivity index (χ0v) is 18.5. The van der Waals surface area contributed by atoms with Crippen molar-refractivity contribution in [3.05, 3.63) is 81.4 Å². The topological polar surface area (TPSA) is 102 Å². The largest absolute Gasteiger partial charge is 0.456 e. The molecule has 0 atom stereocenters. The molecule has 1 aliphatic heterocycles. The number of nitrogens with zero attached hydrogens (tertiary/aromatic N) is 3. The maximum atomic E-state index is 12.9. The number of thiocarbonyl (C=S) groups is 1. The molecule has 0 unspecified atom stereocenters. The number of hydrazine groups is 1. The van der Waals surface area contributed by atoms with Gasteiger partial charge in [0.1, 0.15) is 11.5 Å². The van der Waals surface area contributed by atoms with E-state index in [9.17, 15) is 14.9 Å². The van der Waals surface area contributed by atoms with Gasteiger partial charge in [-0.05, 0) is 42.5 Å². The summed E-state index contributed by atoms with van der Waals surface area (Å²) in [7, 11) is 0. The number of hydrogen-bond acceptors (Lipinski definition) is 9. The summed E-state index contributed by atoms with van der Waals surface area (Å²) >= 11 is 7.91. The van der Waals surface area contributed by atoms with Crippen molar-refractivity contribution in [1.82, 2.24) is 9.99 Å². The Morgan fingerprint density at radius 1 is 1.12 bits per heavy atom. The molecule has 0 bridgehead atoms. The van der Waals surface area contributed by atoms with Gasteiger partial charge in [0.2, 0.25) is 5.13 Å². The van der Waals surface area contributed by atoms with E-state index in [1.807, 2.05) is 24.3 Å². The number of aromatic nitrogens is 1. The molecule has 3 heterocycles. The molecule has 2 aromatic heterocycles. The van der Waals surface area contributed by atoms with Gasteiger partial charge in [-0.15, -0.1) is 0 Å². The lowest BCUT2D eigenvalue weighted by atomic mass is 10.1. The van der Waals surface area contributed by atoms with Gasteiger partial charge in [-0.3, -0.25) is 20.3 Å². The number of para-hydroxylation sites is 2. The minimum absolute atomic E-state index is 0.0558. The molecule has 1 saturated heterocycles. The van der Waals surface area contributed by atoms with Gasteiger partial charge in [-0.2, -0.15) is 5.01 Å². The Balaban J connectivity index is 1.38. The zero-order chi connectivity index (χ0) is 22.2. The minimum atomic E-state index is -0.462. The van der Waals surface area contributed by atoms with Gasteiger partial charge in [0, 0.05) is 12.1 Å². The Kier molecular flexibility index (Phi) is 5.21. The maximum absolute atomic E-state index is 12.9. The van der Waals surface area contributed by atoms with E-state index in [1.54, 1.807) is 36.4 Å². The third-order valence-corrected chi connectivity index (χ3v) is 6.80. The molecule has 5 rings (SSSR count). The van der Waals surface area contributed by atoms with Crippen molar-refractivity contribution >= 4 is 72.7 Å². The number of nitrogens with one attached hydrogen (secondary N) is 1. The van der Waals surface area contributed by atoms with E-state index in [2.05, 4.69) is 10.4 Å². The van der Waals surface area contributed by atoms with Gasteiger partial charge in [-0.25, -0.2) is 4.98 Å². The first-order valence-electron chi connectivity index (χ1n) is 9.23. The van der Waals surface area contributed by atoms with Crippen LogP contribution in [0, 0.1) is 10.1 Å². The van der Waals surface area contributed by atoms with E-state index < -0.39 is 4.92 Å². The molecule has 0 spiro atoms. The molecule has 8 nitrogen and oxygen atoms in total. The maximum Gasteiger partial charge on any atom is 0.285 e. The molecule has 32 heavy (non-hydrogen) atoms. The summed E-state index contributed by atoms with van der Waals surface area (Å²) < 4.78 is 7.09. The number of hydrogen-bond donors (Lipinski definition) is 1. The van der Waals surface area contributed by atoms with E-state index in [1.165, 1.54) is 22.4 Å². The summed E-state index contributed by atoms with van der Waals surface area (Å²) in [6.45, 7) is 0. The van der Waals surface area contributed by atoms with E-state index in [0.29, 0.717) is 31.4 Å². The number of thiazole rings is 1. The van der Waals surface area contributed by atoms with Crippen LogP contribution in [0.25, 0.3) is 27.6 Å². The van der Waals surface area contributed by atoms with Crippen LogP contribution in [-0.4, -0.2) is 25.1 Å². The highest BCUT2D eigenvalue weighted by molar-refractivity contribution is 8.26. The second-order valence-corrected chi connectivity index (χ2v) is 9.30. The number of benzene rings is 2. The first-order valence-corrected chi connectivity index (χ1v) is 11.3. The normalized spacial score (nSPS) is 15.1. The van der Waals surface area contributed by atoms with Crippen molar-refractivity contribution in [2.75, 3.05) is 5.43 Å². The van der Waals surface area contributed by atoms with Gasteiger partial charge in [0.15, 0.2) is 4.32 Å². The molecule has 11 heteroatoms. The van der Waals surface area contributed by atoms with E-state index >= 15 is 0 Å². The second kappa shape index (κ2) is 8.19. The first-order chi connectivity index (χ1) is 15.5. The summed E-state index contributed by atoms with van der Waals surface area (Å²) in [6, 6.07) is 17.3. The van der Waals surface area contributed by atoms with Gasteiger partial charge >= 0.3 is 0 Å². The first kappa shape index (κ1) is 20.4. The summed E-state index contributed by atoms with van der Waals surface area (Å²) in [6.07, 6.45) is 1.57. The van der Waals surface area contributed by atoms with Gasteiger partial charge in [0.05, 0.1) is 25.6 Å². The molecule has 1 fully saturated rings. The molecule has 1 N–H and O–H groups in total. The van der Waals surface area contributed by atoms with Crippen LogP contribution < -0.4 is 5.43 Å². The number of furan rings is 1. The monoisotopic (exact) mass is 480 g/mol. The van der Waals surface area contributed by atoms with Crippen LogP contribution in [0.5, 0.6) is 0 Å². The van der Waals surface area contributed by atoms with Crippen LogP contribution in [0.4, 0.5) is 10.8 Å². The number of thioether (sulfide) groups is 1. The van der Waals surface area contributed by atoms with E-state index in [-0.39, 0.29) is 11.6 Å². The Morgan fingerprint density at radius 3 is 2.72 bits per heavy atom. The average molecular weight is 481 g/mol. The SMILES string of the molecule is O=C1C(=Cc2ccc(-c3ccccc3[N+](=O)[O-])o2)SC(=S)N1Nc1nc2ccccc2s1. The Hall–Kier alpha value is -3.54. The number of nitro groups is 1. The number of nitro benzene ring substituents is 1. The third kappa shape index (κ3) is 3.77. The highest BCUT2D eigenvalue weighted by Gasteiger charge is 2.33. The molecule has 1 aliphatic rings. The standard InChI is InChI=1S/C21H12N4O4S3/c26-19-18(11-12-9-10-16(29-12)13-5-1-3-7-15(13)25(27)28)32-21(30)24(19)23-20-22-14-6-2-4-8-17(14)31-20/h1-11H,(H,22,23). The number of carbonyl (C=O) groups excluding carboxylic acids is 1. The highest BCUT2D eigenvalue weighted by Crippen LogP contribution is 2.36. The van der Waals surface area contributed by atoms with Gasteiger partial charge in [0.25, 0.3) is 11.6 Å². The number of fused-ring (bicyclic) bond motifs is 1. The molecule has 1 amide bonds. The van der Waals surface area contributed by atoms with Crippen molar-refractivity contribution < 1.29 is 14.1 Å². The number of amides is 1. The predicted molar refractivity (Wildman–Crippen MR) is 129 cm³/mol. The summed E-state index contributed by atoms with van der Waals surface area (Å²) in [5.74, 6) is 0.396. The Bertz CT molecular complexity index is 1390. The summed E-state index contributed by atoms with van der Waals surface area (Å²) in [5, 5.41) is 13.1. The van der Waals surface area contributed by atoms with Crippen molar-refractivity contribution in [3.63, 3.8) is 0 Å². The fraction of sp³-hybridized carbons (Fsp3) is 0. The molecule has 158 valence electrons. The predicted octanol–water partition coefficient (Wildman–Crippen LogP) is 5.69. The van der Waals surface area contributed by atoms with Crippen molar-refractivity contribution in [3.8, 4) is 11.3 Å². The smallest absolute Gasteiger partial charge is 0.285 e. The van der Waals surface area contributed by atoms with Crippen LogP contribution in [0.2, 0.25) is 0 Å². The second-order valence-electron chi connectivity index (χ2n) is 6.59. The molecule has 4 aromatic rings. The van der Waals surface area contributed by atoms with E-state index in [0.717, 1.165) is 22.0 Å². The fourth-order valence-electron chi connectivity index (χ4n) is 3.13. The van der Waals surface area contributed by atoms with Crippen LogP contribution >= 0.6 is 35.3 Å². The Morgan fingerprint density at radius 2 is 1.91 bits per heavy atom. The summed E-state index contributed by atoms with van der Waals surface area (Å²) in [4.78, 5) is 28.5. The fourth-order valence-corrected chi connectivity index (χ4v) is 5.14. The van der Waals surface area contributed by atoms with Gasteiger partial charge in [-0.1, -0.05) is 47.4 Å². The quantitative estimate of drug-likeness (QED) is 0.168. The van der Waals surface area contributed by atoms with E-state index in [4.69, 9.17) is 16.6 Å². The zero-order valence-electron chi connectivity index (χ0n) is 16.1. The number of rotatable bonds is 5. The Labute approximate surface area is 194 Å². The van der Waals surface area contributed by atoms with Crippen LogP contribution in [-0.2, 0) is 4.79 Å². The molecule has 0 aliphatic carbocycles. The van der Waals surface area contributed by atoms with Crippen molar-refractivity contribution in [1.29, 1.82) is 0 Å².